The van der Waals surface area contributed by atoms with E-state index in [2.05, 4.69) is 17.3 Å². The molecule has 66 valence electrons. The number of benzene rings is 1. The maximum absolute atomic E-state index is 5.80. The van der Waals surface area contributed by atoms with Crippen LogP contribution in [0.3, 0.4) is 0 Å². The summed E-state index contributed by atoms with van der Waals surface area (Å²) in [5.74, 6) is 3.52. The zero-order valence-corrected chi connectivity index (χ0v) is 7.93. The Morgan fingerprint density at radius 3 is 2.69 bits per heavy atom. The fourth-order valence-corrected chi connectivity index (χ4v) is 1.56. The Hall–Kier alpha value is -1.13. The summed E-state index contributed by atoms with van der Waals surface area (Å²) >= 11 is 5.80. The Morgan fingerprint density at radius 2 is 2.08 bits per heavy atom. The van der Waals surface area contributed by atoms with Gasteiger partial charge >= 0.3 is 0 Å². The van der Waals surface area contributed by atoms with Crippen LogP contribution in [0, 0.1) is 12.0 Å². The van der Waals surface area contributed by atoms with Gasteiger partial charge in [0.15, 0.2) is 0 Å². The Kier molecular flexibility index (Phi) is 2.42. The molecule has 0 fully saturated rings. The minimum atomic E-state index is 0.374. The molecule has 1 atom stereocenters. The predicted octanol–water partition coefficient (Wildman–Crippen LogP) is 2.38. The molecule has 2 heteroatoms. The van der Waals surface area contributed by atoms with Crippen molar-refractivity contribution in [3.05, 3.63) is 34.9 Å². The van der Waals surface area contributed by atoms with Crippen LogP contribution in [0.25, 0.3) is 0 Å². The van der Waals surface area contributed by atoms with E-state index in [0.717, 1.165) is 18.0 Å². The van der Waals surface area contributed by atoms with Gasteiger partial charge in [0.25, 0.3) is 0 Å². The Morgan fingerprint density at radius 1 is 1.31 bits per heavy atom. The zero-order chi connectivity index (χ0) is 9.10. The summed E-state index contributed by atoms with van der Waals surface area (Å²) in [6, 6.07) is 10.8. The summed E-state index contributed by atoms with van der Waals surface area (Å²) in [5, 5.41) is 3.79. The second-order valence-electron chi connectivity index (χ2n) is 3.09. The molecule has 13 heavy (non-hydrogen) atoms. The topological polar surface area (TPSA) is 12.0 Å². The summed E-state index contributed by atoms with van der Waals surface area (Å²) < 4.78 is 0. The van der Waals surface area contributed by atoms with Crippen molar-refractivity contribution in [2.24, 2.45) is 0 Å². The maximum atomic E-state index is 5.80. The highest BCUT2D eigenvalue weighted by Crippen LogP contribution is 2.21. The third-order valence-electron chi connectivity index (χ3n) is 2.17. The third-order valence-corrected chi connectivity index (χ3v) is 2.42. The van der Waals surface area contributed by atoms with E-state index >= 15 is 0 Å². The lowest BCUT2D eigenvalue weighted by Gasteiger charge is -2.13. The van der Waals surface area contributed by atoms with Gasteiger partial charge in [-0.2, -0.15) is 0 Å². The molecular weight excluding hydrogens is 182 g/mol. The first-order chi connectivity index (χ1) is 6.36. The van der Waals surface area contributed by atoms with Crippen molar-refractivity contribution >= 4 is 11.6 Å². The molecule has 0 aliphatic carbocycles. The number of hydrogen-bond acceptors (Lipinski definition) is 1. The van der Waals surface area contributed by atoms with E-state index in [1.54, 1.807) is 0 Å². The summed E-state index contributed by atoms with van der Waals surface area (Å²) in [4.78, 5) is 0. The molecule has 1 heterocycles. The quantitative estimate of drug-likeness (QED) is 0.673. The first-order valence-corrected chi connectivity index (χ1v) is 4.73. The molecule has 2 rings (SSSR count). The summed E-state index contributed by atoms with van der Waals surface area (Å²) in [7, 11) is 0. The molecule has 0 bridgehead atoms. The number of halogens is 1. The predicted molar refractivity (Wildman–Crippen MR) is 54.6 cm³/mol. The lowest BCUT2D eigenvalue weighted by atomic mass is 9.95. The van der Waals surface area contributed by atoms with Crippen LogP contribution in [0.15, 0.2) is 24.3 Å². The van der Waals surface area contributed by atoms with E-state index in [0.29, 0.717) is 5.92 Å². The molecule has 0 radical (unpaired) electrons. The van der Waals surface area contributed by atoms with E-state index in [9.17, 15) is 0 Å². The van der Waals surface area contributed by atoms with Gasteiger partial charge in [0.2, 0.25) is 0 Å². The summed E-state index contributed by atoms with van der Waals surface area (Å²) in [5.41, 5.74) is 1.26. The normalized spacial score (nSPS) is 19.9. The lowest BCUT2D eigenvalue weighted by molar-refractivity contribution is 0.694. The van der Waals surface area contributed by atoms with Gasteiger partial charge < -0.3 is 5.32 Å². The Balaban J connectivity index is 2.23. The lowest BCUT2D eigenvalue weighted by Crippen LogP contribution is -2.16. The van der Waals surface area contributed by atoms with Crippen LogP contribution in [0.1, 0.15) is 17.9 Å². The van der Waals surface area contributed by atoms with E-state index in [1.807, 2.05) is 24.3 Å². The standard InChI is InChI=1S/C11H10ClN/c12-11-3-1-9(2-4-11)10-5-7-13-8-6-10/h1-4,10,13H,5,7H2. The van der Waals surface area contributed by atoms with Gasteiger partial charge in [0.1, 0.15) is 0 Å². The van der Waals surface area contributed by atoms with E-state index in [-0.39, 0.29) is 0 Å². The van der Waals surface area contributed by atoms with E-state index in [4.69, 9.17) is 11.6 Å². The molecule has 1 aromatic rings. The second kappa shape index (κ2) is 3.72. The maximum Gasteiger partial charge on any atom is 0.0487 e. The van der Waals surface area contributed by atoms with Crippen LogP contribution in [-0.4, -0.2) is 6.54 Å². The highest BCUT2D eigenvalue weighted by molar-refractivity contribution is 6.30. The molecule has 1 aliphatic heterocycles. The first-order valence-electron chi connectivity index (χ1n) is 4.35. The third kappa shape index (κ3) is 1.96. The average Bonchev–Trinajstić information content (AvgIpc) is 2.20. The minimum Gasteiger partial charge on any atom is -0.346 e. The van der Waals surface area contributed by atoms with Gasteiger partial charge in [0, 0.05) is 23.5 Å². The van der Waals surface area contributed by atoms with Crippen molar-refractivity contribution in [3.63, 3.8) is 0 Å². The molecule has 0 saturated carbocycles. The molecule has 1 aliphatic rings. The van der Waals surface area contributed by atoms with Crippen LogP contribution in [0.2, 0.25) is 5.02 Å². The molecule has 0 spiro atoms. The SMILES string of the molecule is Clc1ccc(C2C#CNCC2)cc1. The fourth-order valence-electron chi connectivity index (χ4n) is 1.43. The van der Waals surface area contributed by atoms with Crippen LogP contribution in [0.5, 0.6) is 0 Å². The highest BCUT2D eigenvalue weighted by Gasteiger charge is 2.09. The van der Waals surface area contributed by atoms with Crippen molar-refractivity contribution in [3.8, 4) is 12.0 Å². The molecule has 1 aromatic carbocycles. The van der Waals surface area contributed by atoms with Crippen LogP contribution >= 0.6 is 11.6 Å². The van der Waals surface area contributed by atoms with Gasteiger partial charge in [-0.05, 0) is 24.1 Å². The summed E-state index contributed by atoms with van der Waals surface area (Å²) in [6.45, 7) is 0.973. The van der Waals surface area contributed by atoms with Crippen molar-refractivity contribution in [2.45, 2.75) is 12.3 Å². The Bertz CT molecular complexity index is 345. The second-order valence-corrected chi connectivity index (χ2v) is 3.53. The van der Waals surface area contributed by atoms with Gasteiger partial charge in [-0.25, -0.2) is 0 Å². The Labute approximate surface area is 83.1 Å². The molecule has 1 nitrogen and oxygen atoms in total. The molecule has 1 unspecified atom stereocenters. The smallest absolute Gasteiger partial charge is 0.0487 e. The van der Waals surface area contributed by atoms with Gasteiger partial charge in [-0.1, -0.05) is 29.7 Å². The zero-order valence-electron chi connectivity index (χ0n) is 7.18. The first kappa shape index (κ1) is 8.47. The molecule has 0 saturated heterocycles. The minimum absolute atomic E-state index is 0.374. The van der Waals surface area contributed by atoms with Crippen molar-refractivity contribution in [1.82, 2.24) is 5.32 Å². The molecular formula is C11H10ClN. The number of rotatable bonds is 1. The fraction of sp³-hybridized carbons (Fsp3) is 0.273. The van der Waals surface area contributed by atoms with E-state index in [1.165, 1.54) is 5.56 Å². The van der Waals surface area contributed by atoms with Gasteiger partial charge in [-0.15, -0.1) is 0 Å². The average molecular weight is 192 g/mol. The van der Waals surface area contributed by atoms with E-state index < -0.39 is 0 Å². The molecule has 1 N–H and O–H groups in total. The van der Waals surface area contributed by atoms with Crippen molar-refractivity contribution in [2.75, 3.05) is 6.54 Å². The molecule has 0 amide bonds. The largest absolute Gasteiger partial charge is 0.346 e. The number of hydrogen-bond donors (Lipinski definition) is 1. The van der Waals surface area contributed by atoms with Crippen LogP contribution in [-0.2, 0) is 0 Å². The monoisotopic (exact) mass is 191 g/mol. The van der Waals surface area contributed by atoms with Gasteiger partial charge in [-0.3, -0.25) is 0 Å². The van der Waals surface area contributed by atoms with Gasteiger partial charge in [0.05, 0.1) is 0 Å². The molecule has 0 aromatic heterocycles. The summed E-state index contributed by atoms with van der Waals surface area (Å²) in [6.07, 6.45) is 1.08. The van der Waals surface area contributed by atoms with Crippen molar-refractivity contribution in [1.29, 1.82) is 0 Å². The highest BCUT2D eigenvalue weighted by atomic mass is 35.5. The van der Waals surface area contributed by atoms with Crippen LogP contribution in [0.4, 0.5) is 0 Å². The van der Waals surface area contributed by atoms with Crippen LogP contribution < -0.4 is 5.32 Å². The van der Waals surface area contributed by atoms with Crippen molar-refractivity contribution < 1.29 is 0 Å². The number of nitrogens with one attached hydrogen (secondary N) is 1.